The number of hydrogen-bond donors (Lipinski definition) is 1. The maximum absolute atomic E-state index is 10.6. The first-order chi connectivity index (χ1) is 9.58. The molecule has 0 saturated carbocycles. The van der Waals surface area contributed by atoms with E-state index in [9.17, 15) is 10.1 Å². The number of nitro groups is 1. The molecule has 20 heavy (non-hydrogen) atoms. The van der Waals surface area contributed by atoms with Gasteiger partial charge in [-0.25, -0.2) is 0 Å². The smallest absolute Gasteiger partial charge is 0.269 e. The van der Waals surface area contributed by atoms with Crippen molar-refractivity contribution in [1.29, 1.82) is 0 Å². The Morgan fingerprint density at radius 3 is 2.35 bits per heavy atom. The molecule has 1 unspecified atom stereocenters. The van der Waals surface area contributed by atoms with E-state index in [4.69, 9.17) is 0 Å². The summed E-state index contributed by atoms with van der Waals surface area (Å²) in [4.78, 5) is 14.5. The maximum Gasteiger partial charge on any atom is 0.269 e. The predicted octanol–water partition coefficient (Wildman–Crippen LogP) is 3.40. The molecule has 0 bridgehead atoms. The van der Waals surface area contributed by atoms with Crippen LogP contribution in [0.2, 0.25) is 0 Å². The SMILES string of the molecule is CC(N[C@H](C)c1ccccn1)c1ccc([N+](=O)[O-])cc1. The van der Waals surface area contributed by atoms with Crippen molar-refractivity contribution in [3.05, 3.63) is 70.0 Å². The molecule has 5 nitrogen and oxygen atoms in total. The average Bonchev–Trinajstić information content (AvgIpc) is 2.48. The van der Waals surface area contributed by atoms with Crippen molar-refractivity contribution in [2.75, 3.05) is 0 Å². The van der Waals surface area contributed by atoms with E-state index in [1.54, 1.807) is 18.3 Å². The van der Waals surface area contributed by atoms with E-state index in [2.05, 4.69) is 10.3 Å². The lowest BCUT2D eigenvalue weighted by atomic mass is 10.1. The fourth-order valence-corrected chi connectivity index (χ4v) is 2.07. The molecule has 0 amide bonds. The first kappa shape index (κ1) is 14.1. The monoisotopic (exact) mass is 271 g/mol. The molecular weight excluding hydrogens is 254 g/mol. The molecule has 104 valence electrons. The van der Waals surface area contributed by atoms with Crippen molar-refractivity contribution in [3.8, 4) is 0 Å². The molecule has 5 heteroatoms. The van der Waals surface area contributed by atoms with Crippen molar-refractivity contribution in [2.24, 2.45) is 0 Å². The summed E-state index contributed by atoms with van der Waals surface area (Å²) in [5, 5.41) is 14.1. The van der Waals surface area contributed by atoms with E-state index in [1.165, 1.54) is 12.1 Å². The van der Waals surface area contributed by atoms with Crippen LogP contribution in [0.15, 0.2) is 48.7 Å². The van der Waals surface area contributed by atoms with Crippen molar-refractivity contribution in [3.63, 3.8) is 0 Å². The summed E-state index contributed by atoms with van der Waals surface area (Å²) >= 11 is 0. The Morgan fingerprint density at radius 1 is 1.10 bits per heavy atom. The minimum absolute atomic E-state index is 0.0906. The van der Waals surface area contributed by atoms with Crippen LogP contribution >= 0.6 is 0 Å². The van der Waals surface area contributed by atoms with Gasteiger partial charge in [0.25, 0.3) is 5.69 Å². The van der Waals surface area contributed by atoms with Crippen LogP contribution in [0.1, 0.15) is 37.2 Å². The Hall–Kier alpha value is -2.27. The summed E-state index contributed by atoms with van der Waals surface area (Å²) in [6, 6.07) is 12.6. The molecule has 1 heterocycles. The van der Waals surface area contributed by atoms with E-state index in [1.807, 2.05) is 32.0 Å². The number of hydrogen-bond acceptors (Lipinski definition) is 4. The van der Waals surface area contributed by atoms with Crippen molar-refractivity contribution < 1.29 is 4.92 Å². The molecule has 2 rings (SSSR count). The van der Waals surface area contributed by atoms with Crippen LogP contribution < -0.4 is 5.32 Å². The Balaban J connectivity index is 2.04. The normalized spacial score (nSPS) is 13.7. The third-order valence-corrected chi connectivity index (χ3v) is 3.24. The van der Waals surface area contributed by atoms with Gasteiger partial charge in [-0.15, -0.1) is 0 Å². The van der Waals surface area contributed by atoms with Crippen LogP contribution in [-0.2, 0) is 0 Å². The van der Waals surface area contributed by atoms with Gasteiger partial charge in [-0.1, -0.05) is 18.2 Å². The van der Waals surface area contributed by atoms with Gasteiger partial charge in [-0.3, -0.25) is 15.1 Å². The summed E-state index contributed by atoms with van der Waals surface area (Å²) < 4.78 is 0. The summed E-state index contributed by atoms with van der Waals surface area (Å²) in [6.07, 6.45) is 1.77. The number of nitro benzene ring substituents is 1. The molecule has 0 aliphatic heterocycles. The molecule has 1 aromatic heterocycles. The highest BCUT2D eigenvalue weighted by Crippen LogP contribution is 2.20. The number of nitrogens with zero attached hydrogens (tertiary/aromatic N) is 2. The number of aromatic nitrogens is 1. The highest BCUT2D eigenvalue weighted by atomic mass is 16.6. The lowest BCUT2D eigenvalue weighted by Gasteiger charge is -2.19. The Morgan fingerprint density at radius 2 is 1.80 bits per heavy atom. The number of nitrogens with one attached hydrogen (secondary N) is 1. The molecule has 0 aliphatic rings. The van der Waals surface area contributed by atoms with Gasteiger partial charge in [0, 0.05) is 30.4 Å². The number of pyridine rings is 1. The van der Waals surface area contributed by atoms with Crippen molar-refractivity contribution in [1.82, 2.24) is 10.3 Å². The minimum atomic E-state index is -0.390. The Bertz CT molecular complexity index is 569. The van der Waals surface area contributed by atoms with Gasteiger partial charge in [-0.05, 0) is 31.5 Å². The van der Waals surface area contributed by atoms with E-state index in [-0.39, 0.29) is 17.8 Å². The van der Waals surface area contributed by atoms with Gasteiger partial charge in [0.2, 0.25) is 0 Å². The minimum Gasteiger partial charge on any atom is -0.302 e. The zero-order valence-electron chi connectivity index (χ0n) is 11.5. The van der Waals surface area contributed by atoms with E-state index >= 15 is 0 Å². The number of benzene rings is 1. The van der Waals surface area contributed by atoms with Crippen LogP contribution in [0.5, 0.6) is 0 Å². The van der Waals surface area contributed by atoms with Gasteiger partial charge < -0.3 is 5.32 Å². The third kappa shape index (κ3) is 3.39. The quantitative estimate of drug-likeness (QED) is 0.668. The summed E-state index contributed by atoms with van der Waals surface area (Å²) in [5.41, 5.74) is 2.10. The highest BCUT2D eigenvalue weighted by molar-refractivity contribution is 5.34. The van der Waals surface area contributed by atoms with Crippen LogP contribution in [0.25, 0.3) is 0 Å². The zero-order valence-corrected chi connectivity index (χ0v) is 11.5. The van der Waals surface area contributed by atoms with E-state index in [0.29, 0.717) is 0 Å². The second-order valence-electron chi connectivity index (χ2n) is 4.71. The van der Waals surface area contributed by atoms with Gasteiger partial charge >= 0.3 is 0 Å². The largest absolute Gasteiger partial charge is 0.302 e. The lowest BCUT2D eigenvalue weighted by molar-refractivity contribution is -0.384. The maximum atomic E-state index is 10.6. The second-order valence-corrected chi connectivity index (χ2v) is 4.71. The molecule has 0 spiro atoms. The molecule has 1 N–H and O–H groups in total. The summed E-state index contributed by atoms with van der Waals surface area (Å²) in [5.74, 6) is 0. The Kier molecular flexibility index (Phi) is 4.42. The van der Waals surface area contributed by atoms with Gasteiger partial charge in [0.05, 0.1) is 10.6 Å². The molecule has 2 atom stereocenters. The first-order valence-corrected chi connectivity index (χ1v) is 6.49. The fourth-order valence-electron chi connectivity index (χ4n) is 2.07. The average molecular weight is 271 g/mol. The van der Waals surface area contributed by atoms with Gasteiger partial charge in [0.1, 0.15) is 0 Å². The fraction of sp³-hybridized carbons (Fsp3) is 0.267. The van der Waals surface area contributed by atoms with E-state index in [0.717, 1.165) is 11.3 Å². The van der Waals surface area contributed by atoms with E-state index < -0.39 is 4.92 Å². The first-order valence-electron chi connectivity index (χ1n) is 6.49. The standard InChI is InChI=1S/C15H17N3O2/c1-11(13-6-8-14(9-7-13)18(19)20)17-12(2)15-5-3-4-10-16-15/h3-12,17H,1-2H3/t11?,12-/m1/s1. The Labute approximate surface area is 117 Å². The molecule has 2 aromatic rings. The highest BCUT2D eigenvalue weighted by Gasteiger charge is 2.13. The summed E-state index contributed by atoms with van der Waals surface area (Å²) in [7, 11) is 0. The van der Waals surface area contributed by atoms with Crippen LogP contribution in [-0.4, -0.2) is 9.91 Å². The number of non-ortho nitro benzene ring substituents is 1. The van der Waals surface area contributed by atoms with Crippen molar-refractivity contribution >= 4 is 5.69 Å². The summed E-state index contributed by atoms with van der Waals surface area (Å²) in [6.45, 7) is 4.07. The molecule has 1 aromatic carbocycles. The molecule has 0 saturated heterocycles. The topological polar surface area (TPSA) is 68.1 Å². The van der Waals surface area contributed by atoms with Crippen molar-refractivity contribution in [2.45, 2.75) is 25.9 Å². The zero-order chi connectivity index (χ0) is 14.5. The van der Waals surface area contributed by atoms with Crippen LogP contribution in [0.3, 0.4) is 0 Å². The molecule has 0 radical (unpaired) electrons. The van der Waals surface area contributed by atoms with Gasteiger partial charge in [0.15, 0.2) is 0 Å². The van der Waals surface area contributed by atoms with Crippen LogP contribution in [0, 0.1) is 10.1 Å². The van der Waals surface area contributed by atoms with Gasteiger partial charge in [-0.2, -0.15) is 0 Å². The molecule has 0 aliphatic carbocycles. The lowest BCUT2D eigenvalue weighted by Crippen LogP contribution is -2.23. The molecular formula is C15H17N3O2. The molecule has 0 fully saturated rings. The number of rotatable bonds is 5. The third-order valence-electron chi connectivity index (χ3n) is 3.24. The predicted molar refractivity (Wildman–Crippen MR) is 77.3 cm³/mol. The second kappa shape index (κ2) is 6.25. The van der Waals surface area contributed by atoms with Crippen LogP contribution in [0.4, 0.5) is 5.69 Å².